The van der Waals surface area contributed by atoms with E-state index in [0.717, 1.165) is 11.3 Å². The van der Waals surface area contributed by atoms with Gasteiger partial charge in [0.2, 0.25) is 11.8 Å². The average Bonchev–Trinajstić information content (AvgIpc) is 3.02. The molecule has 0 aliphatic heterocycles. The third-order valence-corrected chi connectivity index (χ3v) is 3.05. The molecule has 3 rings (SSSR count). The van der Waals surface area contributed by atoms with Crippen LogP contribution in [0.5, 0.6) is 5.75 Å². The number of aromatic nitrogens is 2. The molecule has 1 aromatic heterocycles. The fourth-order valence-corrected chi connectivity index (χ4v) is 1.97. The summed E-state index contributed by atoms with van der Waals surface area (Å²) >= 11 is 0. The molecule has 112 valence electrons. The maximum Gasteiger partial charge on any atom is 0.247 e. The van der Waals surface area contributed by atoms with E-state index in [1.807, 2.05) is 24.3 Å². The van der Waals surface area contributed by atoms with E-state index in [4.69, 9.17) is 9.15 Å². The summed E-state index contributed by atoms with van der Waals surface area (Å²) in [5, 5.41) is 11.0. The molecule has 0 radical (unpaired) electrons. The van der Waals surface area contributed by atoms with Crippen molar-refractivity contribution in [3.63, 3.8) is 0 Å². The maximum atomic E-state index is 13.1. The number of hydrogen-bond donors (Lipinski definition) is 1. The Bertz CT molecular complexity index is 773. The molecular formula is C16H14FN3O2. The van der Waals surface area contributed by atoms with Gasteiger partial charge in [-0.3, -0.25) is 0 Å². The lowest BCUT2D eigenvalue weighted by Gasteiger charge is -2.03. The van der Waals surface area contributed by atoms with Gasteiger partial charge in [-0.1, -0.05) is 12.1 Å². The normalized spacial score (nSPS) is 10.5. The molecule has 0 amide bonds. The first-order valence-electron chi connectivity index (χ1n) is 6.71. The quantitative estimate of drug-likeness (QED) is 0.781. The first kappa shape index (κ1) is 14.1. The van der Waals surface area contributed by atoms with Crippen LogP contribution in [0.2, 0.25) is 0 Å². The lowest BCUT2D eigenvalue weighted by Crippen LogP contribution is -1.99. The van der Waals surface area contributed by atoms with E-state index in [1.54, 1.807) is 19.2 Å². The summed E-state index contributed by atoms with van der Waals surface area (Å²) in [6, 6.07) is 13.6. The van der Waals surface area contributed by atoms with E-state index in [0.29, 0.717) is 24.0 Å². The molecule has 0 aliphatic carbocycles. The minimum absolute atomic E-state index is 0.299. The molecule has 6 heteroatoms. The Morgan fingerprint density at radius 1 is 1.14 bits per heavy atom. The summed E-state index contributed by atoms with van der Waals surface area (Å²) < 4.78 is 23.8. The lowest BCUT2D eigenvalue weighted by atomic mass is 10.2. The van der Waals surface area contributed by atoms with Crippen LogP contribution in [-0.2, 0) is 6.54 Å². The van der Waals surface area contributed by atoms with Crippen molar-refractivity contribution in [2.24, 2.45) is 0 Å². The molecule has 0 saturated heterocycles. The van der Waals surface area contributed by atoms with Crippen LogP contribution >= 0.6 is 0 Å². The van der Waals surface area contributed by atoms with Crippen LogP contribution in [-0.4, -0.2) is 17.3 Å². The van der Waals surface area contributed by atoms with Crippen molar-refractivity contribution in [3.05, 3.63) is 60.2 Å². The Morgan fingerprint density at radius 2 is 2.00 bits per heavy atom. The maximum absolute atomic E-state index is 13.1. The summed E-state index contributed by atoms with van der Waals surface area (Å²) in [6.07, 6.45) is 0. The minimum atomic E-state index is -0.299. The SMILES string of the molecule is COc1cccc(-c2nnc(CNc3cccc(F)c3)o2)c1. The van der Waals surface area contributed by atoms with Crippen molar-refractivity contribution in [3.8, 4) is 17.2 Å². The number of ether oxygens (including phenoxy) is 1. The molecular weight excluding hydrogens is 285 g/mol. The monoisotopic (exact) mass is 299 g/mol. The second-order valence-electron chi connectivity index (χ2n) is 4.60. The Balaban J connectivity index is 1.71. The van der Waals surface area contributed by atoms with Crippen molar-refractivity contribution in [1.29, 1.82) is 0 Å². The van der Waals surface area contributed by atoms with Gasteiger partial charge in [-0.15, -0.1) is 10.2 Å². The van der Waals surface area contributed by atoms with Gasteiger partial charge in [0, 0.05) is 11.3 Å². The lowest BCUT2D eigenvalue weighted by molar-refractivity contribution is 0.414. The Morgan fingerprint density at radius 3 is 2.82 bits per heavy atom. The van der Waals surface area contributed by atoms with E-state index in [-0.39, 0.29) is 5.82 Å². The van der Waals surface area contributed by atoms with Crippen molar-refractivity contribution < 1.29 is 13.5 Å². The van der Waals surface area contributed by atoms with Crippen LogP contribution in [0.1, 0.15) is 5.89 Å². The third kappa shape index (κ3) is 3.22. The van der Waals surface area contributed by atoms with Gasteiger partial charge in [-0.25, -0.2) is 4.39 Å². The molecule has 0 saturated carbocycles. The Kier molecular flexibility index (Phi) is 4.00. The molecule has 0 unspecified atom stereocenters. The van der Waals surface area contributed by atoms with Gasteiger partial charge >= 0.3 is 0 Å². The highest BCUT2D eigenvalue weighted by Crippen LogP contribution is 2.22. The number of rotatable bonds is 5. The van der Waals surface area contributed by atoms with Gasteiger partial charge in [-0.05, 0) is 36.4 Å². The molecule has 1 N–H and O–H groups in total. The van der Waals surface area contributed by atoms with Gasteiger partial charge < -0.3 is 14.5 Å². The molecule has 5 nitrogen and oxygen atoms in total. The summed E-state index contributed by atoms with van der Waals surface area (Å²) in [5.74, 6) is 1.25. The zero-order valence-electron chi connectivity index (χ0n) is 11.9. The predicted octanol–water partition coefficient (Wildman–Crippen LogP) is 3.50. The fraction of sp³-hybridized carbons (Fsp3) is 0.125. The molecule has 22 heavy (non-hydrogen) atoms. The van der Waals surface area contributed by atoms with Crippen molar-refractivity contribution in [2.75, 3.05) is 12.4 Å². The van der Waals surface area contributed by atoms with Gasteiger partial charge in [0.05, 0.1) is 13.7 Å². The van der Waals surface area contributed by atoms with Crippen LogP contribution in [0.3, 0.4) is 0 Å². The molecule has 0 aliphatic rings. The summed E-state index contributed by atoms with van der Waals surface area (Å²) in [4.78, 5) is 0. The molecule has 0 spiro atoms. The number of anilines is 1. The summed E-state index contributed by atoms with van der Waals surface area (Å²) in [7, 11) is 1.60. The second kappa shape index (κ2) is 6.26. The Hall–Kier alpha value is -2.89. The van der Waals surface area contributed by atoms with Gasteiger partial charge in [0.1, 0.15) is 11.6 Å². The highest BCUT2D eigenvalue weighted by Gasteiger charge is 2.09. The third-order valence-electron chi connectivity index (χ3n) is 3.05. The number of nitrogens with zero attached hydrogens (tertiary/aromatic N) is 2. The highest BCUT2D eigenvalue weighted by atomic mass is 19.1. The topological polar surface area (TPSA) is 60.2 Å². The van der Waals surface area contributed by atoms with E-state index in [2.05, 4.69) is 15.5 Å². The van der Waals surface area contributed by atoms with E-state index < -0.39 is 0 Å². The number of nitrogens with one attached hydrogen (secondary N) is 1. The molecule has 0 atom stereocenters. The Labute approximate surface area is 126 Å². The summed E-state index contributed by atoms with van der Waals surface area (Å²) in [5.41, 5.74) is 1.44. The second-order valence-corrected chi connectivity index (χ2v) is 4.60. The van der Waals surface area contributed by atoms with Crippen LogP contribution in [0.15, 0.2) is 52.9 Å². The van der Waals surface area contributed by atoms with Crippen molar-refractivity contribution in [1.82, 2.24) is 10.2 Å². The smallest absolute Gasteiger partial charge is 0.247 e. The average molecular weight is 299 g/mol. The van der Waals surface area contributed by atoms with E-state index >= 15 is 0 Å². The molecule has 3 aromatic rings. The molecule has 2 aromatic carbocycles. The number of benzene rings is 2. The van der Waals surface area contributed by atoms with Gasteiger partial charge in [0.25, 0.3) is 0 Å². The van der Waals surface area contributed by atoms with E-state index in [9.17, 15) is 4.39 Å². The van der Waals surface area contributed by atoms with E-state index in [1.165, 1.54) is 12.1 Å². The molecule has 1 heterocycles. The molecule has 0 bridgehead atoms. The van der Waals surface area contributed by atoms with Crippen molar-refractivity contribution in [2.45, 2.75) is 6.54 Å². The first-order valence-corrected chi connectivity index (χ1v) is 6.71. The predicted molar refractivity (Wildman–Crippen MR) is 80.0 cm³/mol. The van der Waals surface area contributed by atoms with Gasteiger partial charge in [-0.2, -0.15) is 0 Å². The zero-order valence-corrected chi connectivity index (χ0v) is 11.9. The van der Waals surface area contributed by atoms with Crippen LogP contribution in [0, 0.1) is 5.82 Å². The van der Waals surface area contributed by atoms with Crippen LogP contribution in [0.25, 0.3) is 11.5 Å². The number of hydrogen-bond acceptors (Lipinski definition) is 5. The highest BCUT2D eigenvalue weighted by molar-refractivity contribution is 5.55. The zero-order chi connectivity index (χ0) is 15.4. The van der Waals surface area contributed by atoms with Crippen LogP contribution in [0.4, 0.5) is 10.1 Å². The van der Waals surface area contributed by atoms with Crippen LogP contribution < -0.4 is 10.1 Å². The first-order chi connectivity index (χ1) is 10.7. The summed E-state index contributed by atoms with van der Waals surface area (Å²) in [6.45, 7) is 0.320. The largest absolute Gasteiger partial charge is 0.497 e. The fourth-order valence-electron chi connectivity index (χ4n) is 1.97. The van der Waals surface area contributed by atoms with Gasteiger partial charge in [0.15, 0.2) is 0 Å². The standard InChI is InChI=1S/C16H14FN3O2/c1-21-14-7-2-4-11(8-14)16-20-19-15(22-16)10-18-13-6-3-5-12(17)9-13/h2-9,18H,10H2,1H3. The molecule has 0 fully saturated rings. The number of methoxy groups -OCH3 is 1. The minimum Gasteiger partial charge on any atom is -0.497 e. The van der Waals surface area contributed by atoms with Crippen molar-refractivity contribution >= 4 is 5.69 Å². The number of halogens is 1.